The van der Waals surface area contributed by atoms with Crippen molar-refractivity contribution in [3.8, 4) is 11.5 Å². The number of hydrogen-bond acceptors (Lipinski definition) is 5. The number of rotatable bonds is 16. The first-order valence-electron chi connectivity index (χ1n) is 13.3. The number of hydrogen-bond donors (Lipinski definition) is 1. The van der Waals surface area contributed by atoms with E-state index in [1.54, 1.807) is 55.5 Å². The molecule has 228 valence electrons. The van der Waals surface area contributed by atoms with Crippen LogP contribution in [0.5, 0.6) is 11.5 Å². The molecule has 0 aliphatic heterocycles. The second kappa shape index (κ2) is 15.6. The molecule has 0 aromatic heterocycles. The van der Waals surface area contributed by atoms with Crippen LogP contribution in [0.3, 0.4) is 0 Å². The Morgan fingerprint density at radius 1 is 0.902 bits per heavy atom. The summed E-state index contributed by atoms with van der Waals surface area (Å²) in [5.74, 6) is -4.92. The third-order valence-electron chi connectivity index (χ3n) is 6.21. The largest absolute Gasteiger partial charge is 0.492 e. The van der Waals surface area contributed by atoms with Gasteiger partial charge in [-0.2, -0.15) is 22.0 Å². The van der Waals surface area contributed by atoms with Gasteiger partial charge in [-0.1, -0.05) is 38.1 Å². The van der Waals surface area contributed by atoms with Crippen molar-refractivity contribution in [3.63, 3.8) is 0 Å². The molecule has 0 saturated carbocycles. The molecule has 0 fully saturated rings. The molecular weight excluding hydrogens is 553 g/mol. The predicted octanol–water partition coefficient (Wildman–Crippen LogP) is 7.09. The number of carboxylic acid groups (broad SMARTS) is 1. The zero-order valence-corrected chi connectivity index (χ0v) is 23.3. The number of carbonyl (C=O) groups is 2. The van der Waals surface area contributed by atoms with E-state index in [1.807, 2.05) is 13.8 Å². The van der Waals surface area contributed by atoms with E-state index in [0.717, 1.165) is 5.56 Å². The number of amides is 1. The standard InChI is InChI=1S/C29H36F5NO6/c1-4-39-25(26(36)37)19-21-7-11-23(12-8-21)40-18-17-35(16-6-5-15-28(30,31)29(32,33)34)27(38)41-24-13-9-22(10-14-24)20(2)3/h7-14,20,25H,4-6,15-19H2,1-3H3,(H,36,37). The molecule has 1 unspecified atom stereocenters. The van der Waals surface area contributed by atoms with Crippen molar-refractivity contribution in [2.24, 2.45) is 0 Å². The number of alkyl halides is 5. The summed E-state index contributed by atoms with van der Waals surface area (Å²) >= 11 is 0. The Morgan fingerprint density at radius 3 is 2.05 bits per heavy atom. The predicted molar refractivity (Wildman–Crippen MR) is 142 cm³/mol. The molecule has 7 nitrogen and oxygen atoms in total. The van der Waals surface area contributed by atoms with Crippen molar-refractivity contribution in [2.45, 2.75) is 70.6 Å². The Labute approximate surface area is 236 Å². The molecule has 0 aliphatic carbocycles. The molecule has 1 amide bonds. The van der Waals surface area contributed by atoms with Crippen molar-refractivity contribution in [1.29, 1.82) is 0 Å². The van der Waals surface area contributed by atoms with Gasteiger partial charge in [0.1, 0.15) is 18.1 Å². The number of carboxylic acids is 1. The molecule has 0 saturated heterocycles. The molecule has 0 aliphatic rings. The smallest absolute Gasteiger partial charge is 0.453 e. The van der Waals surface area contributed by atoms with Gasteiger partial charge >= 0.3 is 24.2 Å². The monoisotopic (exact) mass is 589 g/mol. The van der Waals surface area contributed by atoms with Gasteiger partial charge in [-0.15, -0.1) is 0 Å². The van der Waals surface area contributed by atoms with E-state index in [4.69, 9.17) is 14.2 Å². The highest BCUT2D eigenvalue weighted by atomic mass is 19.4. The lowest BCUT2D eigenvalue weighted by atomic mass is 10.0. The van der Waals surface area contributed by atoms with Gasteiger partial charge in [0, 0.05) is 26.0 Å². The van der Waals surface area contributed by atoms with Crippen LogP contribution in [-0.2, 0) is 16.0 Å². The van der Waals surface area contributed by atoms with Gasteiger partial charge in [0.25, 0.3) is 0 Å². The van der Waals surface area contributed by atoms with E-state index in [1.165, 1.54) is 4.90 Å². The molecule has 2 rings (SSSR count). The number of aliphatic carboxylic acids is 1. The van der Waals surface area contributed by atoms with E-state index in [9.17, 15) is 36.6 Å². The highest BCUT2D eigenvalue weighted by molar-refractivity contribution is 5.72. The van der Waals surface area contributed by atoms with Gasteiger partial charge in [-0.05, 0) is 61.1 Å². The average Bonchev–Trinajstić information content (AvgIpc) is 2.90. The molecule has 0 spiro atoms. The Morgan fingerprint density at radius 2 is 1.51 bits per heavy atom. The molecular formula is C29H36F5NO6. The van der Waals surface area contributed by atoms with E-state index in [-0.39, 0.29) is 50.8 Å². The van der Waals surface area contributed by atoms with Gasteiger partial charge in [-0.3, -0.25) is 0 Å². The van der Waals surface area contributed by atoms with Crippen LogP contribution in [0.1, 0.15) is 57.1 Å². The van der Waals surface area contributed by atoms with Crippen LogP contribution in [0.15, 0.2) is 48.5 Å². The van der Waals surface area contributed by atoms with E-state index < -0.39 is 43.1 Å². The normalized spacial score (nSPS) is 12.7. The van der Waals surface area contributed by atoms with Gasteiger partial charge in [0.2, 0.25) is 0 Å². The zero-order valence-electron chi connectivity index (χ0n) is 23.3. The van der Waals surface area contributed by atoms with Crippen molar-refractivity contribution in [3.05, 3.63) is 59.7 Å². The summed E-state index contributed by atoms with van der Waals surface area (Å²) in [6.07, 6.45) is -9.19. The number of ether oxygens (including phenoxy) is 3. The lowest BCUT2D eigenvalue weighted by Crippen LogP contribution is -2.38. The molecule has 41 heavy (non-hydrogen) atoms. The summed E-state index contributed by atoms with van der Waals surface area (Å²) in [5.41, 5.74) is 1.74. The maximum Gasteiger partial charge on any atom is 0.453 e. The van der Waals surface area contributed by atoms with E-state index >= 15 is 0 Å². The SMILES string of the molecule is CCOC(Cc1ccc(OCCN(CCCCC(F)(F)C(F)(F)F)C(=O)Oc2ccc(C(C)C)cc2)cc1)C(=O)O. The van der Waals surface area contributed by atoms with E-state index in [0.29, 0.717) is 11.3 Å². The molecule has 12 heteroatoms. The van der Waals surface area contributed by atoms with Gasteiger partial charge in [0.15, 0.2) is 6.10 Å². The highest BCUT2D eigenvalue weighted by Gasteiger charge is 2.56. The minimum Gasteiger partial charge on any atom is -0.492 e. The summed E-state index contributed by atoms with van der Waals surface area (Å²) in [6, 6.07) is 13.4. The number of halogens is 5. The highest BCUT2D eigenvalue weighted by Crippen LogP contribution is 2.39. The molecule has 1 N–H and O–H groups in total. The molecule has 1 atom stereocenters. The van der Waals surface area contributed by atoms with Crippen LogP contribution in [0.4, 0.5) is 26.7 Å². The Hall–Kier alpha value is -3.41. The second-order valence-corrected chi connectivity index (χ2v) is 9.72. The Bertz CT molecular complexity index is 1090. The van der Waals surface area contributed by atoms with Crippen molar-refractivity contribution >= 4 is 12.1 Å². The van der Waals surface area contributed by atoms with Crippen LogP contribution in [-0.4, -0.2) is 66.6 Å². The fourth-order valence-corrected chi connectivity index (χ4v) is 3.80. The maximum atomic E-state index is 13.3. The van der Waals surface area contributed by atoms with Crippen LogP contribution >= 0.6 is 0 Å². The molecule has 0 radical (unpaired) electrons. The zero-order chi connectivity index (χ0) is 30.6. The first-order chi connectivity index (χ1) is 19.2. The second-order valence-electron chi connectivity index (χ2n) is 9.72. The maximum absolute atomic E-state index is 13.3. The van der Waals surface area contributed by atoms with Crippen LogP contribution in [0.25, 0.3) is 0 Å². The van der Waals surface area contributed by atoms with Crippen LogP contribution in [0, 0.1) is 0 Å². The summed E-state index contributed by atoms with van der Waals surface area (Å²) in [6.45, 7) is 5.81. The summed E-state index contributed by atoms with van der Waals surface area (Å²) in [5, 5.41) is 9.23. The first kappa shape index (κ1) is 33.8. The molecule has 2 aromatic carbocycles. The van der Waals surface area contributed by atoms with Gasteiger partial charge < -0.3 is 24.2 Å². The number of carbonyl (C=O) groups excluding carboxylic acids is 1. The topological polar surface area (TPSA) is 85.3 Å². The van der Waals surface area contributed by atoms with Crippen molar-refractivity contribution in [2.75, 3.05) is 26.3 Å². The summed E-state index contributed by atoms with van der Waals surface area (Å²) in [4.78, 5) is 25.3. The molecule has 2 aromatic rings. The fourth-order valence-electron chi connectivity index (χ4n) is 3.80. The third kappa shape index (κ3) is 11.2. The molecule has 0 bridgehead atoms. The molecule has 0 heterocycles. The number of unbranched alkanes of at least 4 members (excludes halogenated alkanes) is 1. The van der Waals surface area contributed by atoms with E-state index in [2.05, 4.69) is 0 Å². The van der Waals surface area contributed by atoms with Gasteiger partial charge in [-0.25, -0.2) is 9.59 Å². The van der Waals surface area contributed by atoms with Crippen LogP contribution < -0.4 is 9.47 Å². The fraction of sp³-hybridized carbons (Fsp3) is 0.517. The summed E-state index contributed by atoms with van der Waals surface area (Å²) < 4.78 is 80.2. The Balaban J connectivity index is 1.99. The third-order valence-corrected chi connectivity index (χ3v) is 6.21. The van der Waals surface area contributed by atoms with Gasteiger partial charge in [0.05, 0.1) is 6.54 Å². The number of benzene rings is 2. The lowest BCUT2D eigenvalue weighted by Gasteiger charge is -2.23. The minimum atomic E-state index is -5.63. The lowest BCUT2D eigenvalue weighted by molar-refractivity contribution is -0.284. The summed E-state index contributed by atoms with van der Waals surface area (Å²) in [7, 11) is 0. The van der Waals surface area contributed by atoms with Crippen molar-refractivity contribution in [1.82, 2.24) is 4.90 Å². The quantitative estimate of drug-likeness (QED) is 0.166. The Kier molecular flexibility index (Phi) is 12.8. The minimum absolute atomic E-state index is 0.0177. The first-order valence-corrected chi connectivity index (χ1v) is 13.3. The number of nitrogens with zero attached hydrogens (tertiary/aromatic N) is 1. The van der Waals surface area contributed by atoms with Crippen molar-refractivity contribution < 1.29 is 50.9 Å². The average molecular weight is 590 g/mol. The van der Waals surface area contributed by atoms with Crippen LogP contribution in [0.2, 0.25) is 0 Å².